The predicted molar refractivity (Wildman–Crippen MR) is 89.9 cm³/mol. The zero-order valence-electron chi connectivity index (χ0n) is 14.5. The zero-order valence-corrected chi connectivity index (χ0v) is 14.5. The summed E-state index contributed by atoms with van der Waals surface area (Å²) in [4.78, 5) is 29.1. The van der Waals surface area contributed by atoms with Gasteiger partial charge < -0.3 is 10.1 Å². The first-order valence-corrected chi connectivity index (χ1v) is 8.28. The maximum Gasteiger partial charge on any atom is 0.407 e. The van der Waals surface area contributed by atoms with Crippen LogP contribution < -0.4 is 10.8 Å². The smallest absolute Gasteiger partial charge is 0.407 e. The number of carbonyl (C=O) groups excluding carboxylic acids is 2. The SMILES string of the molecule is CC(C)(C)OC(=O)NC1CCC(C(=O)NOCc2ccccc2)C1. The molecule has 2 unspecified atom stereocenters. The number of alkyl carbamates (subject to hydrolysis) is 1. The summed E-state index contributed by atoms with van der Waals surface area (Å²) in [5.41, 5.74) is 2.97. The first kappa shape index (κ1) is 18.3. The Morgan fingerprint density at radius 2 is 1.88 bits per heavy atom. The van der Waals surface area contributed by atoms with Crippen molar-refractivity contribution in [2.24, 2.45) is 5.92 Å². The molecule has 0 radical (unpaired) electrons. The summed E-state index contributed by atoms with van der Waals surface area (Å²) in [5.74, 6) is -0.292. The molecule has 2 amide bonds. The fourth-order valence-electron chi connectivity index (χ4n) is 2.67. The molecule has 24 heavy (non-hydrogen) atoms. The van der Waals surface area contributed by atoms with E-state index >= 15 is 0 Å². The van der Waals surface area contributed by atoms with Gasteiger partial charge in [-0.2, -0.15) is 0 Å². The van der Waals surface area contributed by atoms with Crippen molar-refractivity contribution in [2.45, 2.75) is 58.3 Å². The number of rotatable bonds is 5. The molecule has 1 aromatic rings. The molecule has 2 rings (SSSR count). The molecule has 132 valence electrons. The molecule has 0 spiro atoms. The lowest BCUT2D eigenvalue weighted by molar-refractivity contribution is -0.138. The maximum absolute atomic E-state index is 12.1. The molecule has 2 atom stereocenters. The molecule has 0 heterocycles. The van der Waals surface area contributed by atoms with Crippen molar-refractivity contribution in [3.63, 3.8) is 0 Å². The Bertz CT molecular complexity index is 554. The van der Waals surface area contributed by atoms with Crippen LogP contribution in [-0.2, 0) is 21.0 Å². The molecule has 1 fully saturated rings. The second-order valence-corrected chi connectivity index (χ2v) is 7.09. The summed E-state index contributed by atoms with van der Waals surface area (Å²) in [5, 5.41) is 2.82. The quantitative estimate of drug-likeness (QED) is 0.812. The number of nitrogens with one attached hydrogen (secondary N) is 2. The highest BCUT2D eigenvalue weighted by atomic mass is 16.6. The van der Waals surface area contributed by atoms with Crippen molar-refractivity contribution in [2.75, 3.05) is 0 Å². The zero-order chi connectivity index (χ0) is 17.6. The van der Waals surface area contributed by atoms with Crippen LogP contribution in [0.5, 0.6) is 0 Å². The first-order valence-electron chi connectivity index (χ1n) is 8.28. The fourth-order valence-corrected chi connectivity index (χ4v) is 2.67. The topological polar surface area (TPSA) is 76.7 Å². The van der Waals surface area contributed by atoms with Gasteiger partial charge in [0.15, 0.2) is 0 Å². The van der Waals surface area contributed by atoms with Gasteiger partial charge in [-0.15, -0.1) is 0 Å². The van der Waals surface area contributed by atoms with E-state index in [4.69, 9.17) is 9.57 Å². The van der Waals surface area contributed by atoms with Gasteiger partial charge in [0.25, 0.3) is 0 Å². The standard InChI is InChI=1S/C18H26N2O4/c1-18(2,3)24-17(22)19-15-10-9-14(11-15)16(21)20-23-12-13-7-5-4-6-8-13/h4-8,14-15H,9-12H2,1-3H3,(H,19,22)(H,20,21). The van der Waals surface area contributed by atoms with Crippen LogP contribution in [0.15, 0.2) is 30.3 Å². The first-order chi connectivity index (χ1) is 11.3. The Labute approximate surface area is 142 Å². The Hall–Kier alpha value is -2.08. The summed E-state index contributed by atoms with van der Waals surface area (Å²) in [6.07, 6.45) is 1.64. The number of carbonyl (C=O) groups is 2. The minimum atomic E-state index is -0.523. The summed E-state index contributed by atoms with van der Waals surface area (Å²) in [6, 6.07) is 9.60. The number of amides is 2. The Balaban J connectivity index is 1.68. The van der Waals surface area contributed by atoms with Gasteiger partial charge in [-0.3, -0.25) is 9.63 Å². The minimum Gasteiger partial charge on any atom is -0.444 e. The van der Waals surface area contributed by atoms with Crippen LogP contribution in [0.4, 0.5) is 4.79 Å². The van der Waals surface area contributed by atoms with Gasteiger partial charge in [-0.05, 0) is 45.6 Å². The van der Waals surface area contributed by atoms with Gasteiger partial charge in [0.1, 0.15) is 5.60 Å². The predicted octanol–water partition coefficient (Wildman–Crippen LogP) is 2.93. The molecule has 0 bridgehead atoms. The molecule has 1 aromatic carbocycles. The molecule has 2 N–H and O–H groups in total. The number of benzene rings is 1. The maximum atomic E-state index is 12.1. The second kappa shape index (κ2) is 8.15. The molecule has 1 aliphatic rings. The average molecular weight is 334 g/mol. The van der Waals surface area contributed by atoms with E-state index < -0.39 is 11.7 Å². The van der Waals surface area contributed by atoms with Crippen LogP contribution >= 0.6 is 0 Å². The van der Waals surface area contributed by atoms with E-state index in [2.05, 4.69) is 10.8 Å². The third-order valence-corrected chi connectivity index (χ3v) is 3.78. The third kappa shape index (κ3) is 6.20. The number of hydrogen-bond donors (Lipinski definition) is 2. The van der Waals surface area contributed by atoms with Crippen molar-refractivity contribution in [3.8, 4) is 0 Å². The van der Waals surface area contributed by atoms with Crippen molar-refractivity contribution < 1.29 is 19.2 Å². The van der Waals surface area contributed by atoms with Gasteiger partial charge in [-0.25, -0.2) is 10.3 Å². The highest BCUT2D eigenvalue weighted by molar-refractivity contribution is 5.78. The van der Waals surface area contributed by atoms with Crippen molar-refractivity contribution in [1.82, 2.24) is 10.8 Å². The number of hydroxylamine groups is 1. The van der Waals surface area contributed by atoms with Gasteiger partial charge >= 0.3 is 6.09 Å². The van der Waals surface area contributed by atoms with Crippen LogP contribution in [0.3, 0.4) is 0 Å². The molecule has 6 heteroatoms. The molecule has 0 aliphatic heterocycles. The lowest BCUT2D eigenvalue weighted by atomic mass is 10.1. The Morgan fingerprint density at radius 3 is 2.54 bits per heavy atom. The van der Waals surface area contributed by atoms with Gasteiger partial charge in [0.05, 0.1) is 6.61 Å². The van der Waals surface area contributed by atoms with Crippen molar-refractivity contribution in [1.29, 1.82) is 0 Å². The molecule has 6 nitrogen and oxygen atoms in total. The summed E-state index contributed by atoms with van der Waals surface area (Å²) in [7, 11) is 0. The average Bonchev–Trinajstić information content (AvgIpc) is 2.94. The van der Waals surface area contributed by atoms with E-state index in [1.165, 1.54) is 0 Å². The number of ether oxygens (including phenoxy) is 1. The molecule has 0 aromatic heterocycles. The van der Waals surface area contributed by atoms with Crippen LogP contribution in [0.1, 0.15) is 45.6 Å². The Kier molecular flexibility index (Phi) is 6.20. The van der Waals surface area contributed by atoms with Crippen LogP contribution in [0, 0.1) is 5.92 Å². The largest absolute Gasteiger partial charge is 0.444 e. The second-order valence-electron chi connectivity index (χ2n) is 7.09. The van der Waals surface area contributed by atoms with Crippen LogP contribution in [-0.4, -0.2) is 23.6 Å². The van der Waals surface area contributed by atoms with Gasteiger partial charge in [0, 0.05) is 12.0 Å². The van der Waals surface area contributed by atoms with Crippen LogP contribution in [0.25, 0.3) is 0 Å². The molecular formula is C18H26N2O4. The van der Waals surface area contributed by atoms with Crippen molar-refractivity contribution in [3.05, 3.63) is 35.9 Å². The summed E-state index contributed by atoms with van der Waals surface area (Å²) < 4.78 is 5.23. The Morgan fingerprint density at radius 1 is 1.17 bits per heavy atom. The molecule has 1 saturated carbocycles. The highest BCUT2D eigenvalue weighted by Gasteiger charge is 2.31. The van der Waals surface area contributed by atoms with Gasteiger partial charge in [0.2, 0.25) is 5.91 Å². The lowest BCUT2D eigenvalue weighted by Crippen LogP contribution is -2.38. The molecule has 0 saturated heterocycles. The summed E-state index contributed by atoms with van der Waals surface area (Å²) >= 11 is 0. The monoisotopic (exact) mass is 334 g/mol. The molecule has 1 aliphatic carbocycles. The highest BCUT2D eigenvalue weighted by Crippen LogP contribution is 2.26. The fraction of sp³-hybridized carbons (Fsp3) is 0.556. The van der Waals surface area contributed by atoms with E-state index in [1.54, 1.807) is 0 Å². The normalized spacial score (nSPS) is 20.5. The summed E-state index contributed by atoms with van der Waals surface area (Å²) in [6.45, 7) is 5.80. The van der Waals surface area contributed by atoms with Gasteiger partial charge in [-0.1, -0.05) is 30.3 Å². The lowest BCUT2D eigenvalue weighted by Gasteiger charge is -2.21. The van der Waals surface area contributed by atoms with E-state index in [0.717, 1.165) is 18.4 Å². The molecular weight excluding hydrogens is 308 g/mol. The van der Waals surface area contributed by atoms with Crippen LogP contribution in [0.2, 0.25) is 0 Å². The third-order valence-electron chi connectivity index (χ3n) is 3.78. The van der Waals surface area contributed by atoms with E-state index in [9.17, 15) is 9.59 Å². The van der Waals surface area contributed by atoms with Crippen molar-refractivity contribution >= 4 is 12.0 Å². The number of hydrogen-bond acceptors (Lipinski definition) is 4. The van der Waals surface area contributed by atoms with E-state index in [0.29, 0.717) is 13.0 Å². The minimum absolute atomic E-state index is 0.0373. The van der Waals surface area contributed by atoms with E-state index in [-0.39, 0.29) is 17.9 Å². The van der Waals surface area contributed by atoms with E-state index in [1.807, 2.05) is 51.1 Å².